The van der Waals surface area contributed by atoms with Crippen LogP contribution < -0.4 is 10.6 Å². The minimum atomic E-state index is -0.442. The molecule has 1 fully saturated rings. The lowest BCUT2D eigenvalue weighted by Crippen LogP contribution is -2.39. The van der Waals surface area contributed by atoms with Gasteiger partial charge in [0.1, 0.15) is 5.82 Å². The lowest BCUT2D eigenvalue weighted by atomic mass is 9.96. The van der Waals surface area contributed by atoms with Crippen LogP contribution in [0.25, 0.3) is 0 Å². The molecule has 1 unspecified atom stereocenters. The number of nitrogens with one attached hydrogen (secondary N) is 2. The van der Waals surface area contributed by atoms with E-state index in [1.165, 1.54) is 6.07 Å². The fourth-order valence-corrected chi connectivity index (χ4v) is 2.47. The summed E-state index contributed by atoms with van der Waals surface area (Å²) in [6.07, 6.45) is 1.73. The Hall–Kier alpha value is -1.13. The summed E-state index contributed by atoms with van der Waals surface area (Å²) in [7, 11) is 0. The summed E-state index contributed by atoms with van der Waals surface area (Å²) >= 11 is 5.75. The van der Waals surface area contributed by atoms with Crippen LogP contribution in [0.2, 0.25) is 5.02 Å². The van der Waals surface area contributed by atoms with Crippen molar-refractivity contribution in [2.45, 2.75) is 25.8 Å². The molecule has 104 valence electrons. The van der Waals surface area contributed by atoms with Gasteiger partial charge in [-0.25, -0.2) is 4.39 Å². The second-order valence-electron chi connectivity index (χ2n) is 4.93. The van der Waals surface area contributed by atoms with Gasteiger partial charge in [0.05, 0.1) is 11.1 Å². The molecule has 2 N–H and O–H groups in total. The Kier molecular flexibility index (Phi) is 4.77. The predicted molar refractivity (Wildman–Crippen MR) is 73.6 cm³/mol. The van der Waals surface area contributed by atoms with E-state index in [0.29, 0.717) is 0 Å². The molecule has 1 atom stereocenters. The summed E-state index contributed by atoms with van der Waals surface area (Å²) < 4.78 is 13.1. The fourth-order valence-electron chi connectivity index (χ4n) is 2.28. The van der Waals surface area contributed by atoms with Gasteiger partial charge in [0, 0.05) is 5.92 Å². The van der Waals surface area contributed by atoms with E-state index >= 15 is 0 Å². The number of carbonyl (C=O) groups is 1. The molecule has 0 saturated carbocycles. The van der Waals surface area contributed by atoms with Crippen molar-refractivity contribution in [3.63, 3.8) is 0 Å². The molecule has 1 aliphatic rings. The Morgan fingerprint density at radius 1 is 1.47 bits per heavy atom. The first-order valence-electron chi connectivity index (χ1n) is 6.54. The normalized spacial score (nSPS) is 18.1. The third-order valence-corrected chi connectivity index (χ3v) is 3.80. The van der Waals surface area contributed by atoms with Crippen LogP contribution in [0.15, 0.2) is 18.2 Å². The molecule has 1 aromatic carbocycles. The number of halogens is 2. The first-order valence-corrected chi connectivity index (χ1v) is 6.92. The standard InChI is InChI=1S/C14H18ClFN2O/c1-9(11-2-3-13(16)12(15)8-11)18-14(19)10-4-6-17-7-5-10/h2-3,8-10,17H,4-7H2,1H3,(H,18,19). The molecule has 0 bridgehead atoms. The minimum absolute atomic E-state index is 0.0643. The number of hydrogen-bond acceptors (Lipinski definition) is 2. The van der Waals surface area contributed by atoms with E-state index in [1.54, 1.807) is 12.1 Å². The molecular weight excluding hydrogens is 267 g/mol. The van der Waals surface area contributed by atoms with Gasteiger partial charge in [-0.1, -0.05) is 17.7 Å². The zero-order chi connectivity index (χ0) is 13.8. The van der Waals surface area contributed by atoms with Crippen LogP contribution in [0.4, 0.5) is 4.39 Å². The highest BCUT2D eigenvalue weighted by molar-refractivity contribution is 6.30. The highest BCUT2D eigenvalue weighted by atomic mass is 35.5. The van der Waals surface area contributed by atoms with Crippen molar-refractivity contribution in [2.24, 2.45) is 5.92 Å². The molecule has 19 heavy (non-hydrogen) atoms. The van der Waals surface area contributed by atoms with Crippen molar-refractivity contribution in [1.29, 1.82) is 0 Å². The van der Waals surface area contributed by atoms with Crippen LogP contribution >= 0.6 is 11.6 Å². The van der Waals surface area contributed by atoms with E-state index in [4.69, 9.17) is 11.6 Å². The van der Waals surface area contributed by atoms with Crippen molar-refractivity contribution < 1.29 is 9.18 Å². The van der Waals surface area contributed by atoms with E-state index in [1.807, 2.05) is 6.92 Å². The quantitative estimate of drug-likeness (QED) is 0.896. The molecule has 2 rings (SSSR count). The molecule has 0 aliphatic carbocycles. The fraction of sp³-hybridized carbons (Fsp3) is 0.500. The van der Waals surface area contributed by atoms with E-state index in [2.05, 4.69) is 10.6 Å². The molecule has 0 radical (unpaired) electrons. The molecule has 1 aliphatic heterocycles. The maximum atomic E-state index is 13.1. The Bertz CT molecular complexity index is 461. The van der Waals surface area contributed by atoms with Gasteiger partial charge in [0.15, 0.2) is 0 Å². The van der Waals surface area contributed by atoms with E-state index in [-0.39, 0.29) is 22.9 Å². The molecule has 0 spiro atoms. The highest BCUT2D eigenvalue weighted by Crippen LogP contribution is 2.21. The van der Waals surface area contributed by atoms with Gasteiger partial charge in [0.25, 0.3) is 0 Å². The van der Waals surface area contributed by atoms with E-state index in [0.717, 1.165) is 31.5 Å². The summed E-state index contributed by atoms with van der Waals surface area (Å²) in [6, 6.07) is 4.37. The number of hydrogen-bond donors (Lipinski definition) is 2. The summed E-state index contributed by atoms with van der Waals surface area (Å²) in [5, 5.41) is 6.28. The van der Waals surface area contributed by atoms with Crippen molar-refractivity contribution >= 4 is 17.5 Å². The van der Waals surface area contributed by atoms with Crippen molar-refractivity contribution in [3.8, 4) is 0 Å². The summed E-state index contributed by atoms with van der Waals surface area (Å²) in [4.78, 5) is 12.1. The number of amides is 1. The lowest BCUT2D eigenvalue weighted by Gasteiger charge is -2.24. The molecule has 5 heteroatoms. The number of carbonyl (C=O) groups excluding carboxylic acids is 1. The van der Waals surface area contributed by atoms with Gasteiger partial charge in [0.2, 0.25) is 5.91 Å². The summed E-state index contributed by atoms with van der Waals surface area (Å²) in [5.74, 6) is -0.309. The Balaban J connectivity index is 1.97. The van der Waals surface area contributed by atoms with Gasteiger partial charge in [-0.05, 0) is 50.6 Å². The smallest absolute Gasteiger partial charge is 0.223 e. The third-order valence-electron chi connectivity index (χ3n) is 3.51. The van der Waals surface area contributed by atoms with Crippen LogP contribution in [0.1, 0.15) is 31.4 Å². The average molecular weight is 285 g/mol. The van der Waals surface area contributed by atoms with Crippen LogP contribution in [0.5, 0.6) is 0 Å². The molecule has 1 aromatic rings. The maximum Gasteiger partial charge on any atom is 0.223 e. The molecule has 3 nitrogen and oxygen atoms in total. The highest BCUT2D eigenvalue weighted by Gasteiger charge is 2.22. The second kappa shape index (κ2) is 6.35. The van der Waals surface area contributed by atoms with Crippen LogP contribution in [-0.4, -0.2) is 19.0 Å². The zero-order valence-corrected chi connectivity index (χ0v) is 11.6. The Labute approximate surface area is 117 Å². The Morgan fingerprint density at radius 2 is 2.16 bits per heavy atom. The lowest BCUT2D eigenvalue weighted by molar-refractivity contribution is -0.126. The number of benzene rings is 1. The molecule has 1 amide bonds. The van der Waals surface area contributed by atoms with Crippen molar-refractivity contribution in [3.05, 3.63) is 34.6 Å². The molecule has 0 aromatic heterocycles. The SMILES string of the molecule is CC(NC(=O)C1CCNCC1)c1ccc(F)c(Cl)c1. The van der Waals surface area contributed by atoms with Crippen LogP contribution in [0, 0.1) is 11.7 Å². The van der Waals surface area contributed by atoms with Crippen molar-refractivity contribution in [2.75, 3.05) is 13.1 Å². The first kappa shape index (κ1) is 14.3. The maximum absolute atomic E-state index is 13.1. The van der Waals surface area contributed by atoms with Crippen LogP contribution in [0.3, 0.4) is 0 Å². The first-order chi connectivity index (χ1) is 9.08. The molecule has 1 heterocycles. The number of rotatable bonds is 3. The van der Waals surface area contributed by atoms with E-state index < -0.39 is 5.82 Å². The molecular formula is C14H18ClFN2O. The van der Waals surface area contributed by atoms with Gasteiger partial charge in [-0.2, -0.15) is 0 Å². The van der Waals surface area contributed by atoms with Gasteiger partial charge in [-0.3, -0.25) is 4.79 Å². The monoisotopic (exact) mass is 284 g/mol. The second-order valence-corrected chi connectivity index (χ2v) is 5.34. The minimum Gasteiger partial charge on any atom is -0.349 e. The third kappa shape index (κ3) is 3.67. The van der Waals surface area contributed by atoms with Crippen LogP contribution in [-0.2, 0) is 4.79 Å². The molecule has 1 saturated heterocycles. The zero-order valence-electron chi connectivity index (χ0n) is 10.9. The summed E-state index contributed by atoms with van der Waals surface area (Å²) in [6.45, 7) is 3.65. The van der Waals surface area contributed by atoms with Gasteiger partial charge in [-0.15, -0.1) is 0 Å². The Morgan fingerprint density at radius 3 is 2.79 bits per heavy atom. The van der Waals surface area contributed by atoms with Gasteiger partial charge >= 0.3 is 0 Å². The largest absolute Gasteiger partial charge is 0.349 e. The van der Waals surface area contributed by atoms with Gasteiger partial charge < -0.3 is 10.6 Å². The van der Waals surface area contributed by atoms with E-state index in [9.17, 15) is 9.18 Å². The average Bonchev–Trinajstić information content (AvgIpc) is 2.42. The predicted octanol–water partition coefficient (Wildman–Crippen LogP) is 2.66. The number of piperidine rings is 1. The van der Waals surface area contributed by atoms with Crippen molar-refractivity contribution in [1.82, 2.24) is 10.6 Å². The summed E-state index contributed by atoms with van der Waals surface area (Å²) in [5.41, 5.74) is 0.814. The topological polar surface area (TPSA) is 41.1 Å².